The molecule has 0 aromatic carbocycles. The number of hydrogen-bond donors (Lipinski definition) is 0. The molecule has 56 valence electrons. The van der Waals surface area contributed by atoms with E-state index in [1.807, 2.05) is 0 Å². The Balaban J connectivity index is 2.38. The molecule has 0 amide bonds. The fourth-order valence-electron chi connectivity index (χ4n) is 1.42. The number of hydrogen-bond acceptors (Lipinski definition) is 2. The molecule has 1 unspecified atom stereocenters. The molecule has 0 aromatic rings. The van der Waals surface area contributed by atoms with Crippen molar-refractivity contribution in [1.29, 1.82) is 0 Å². The van der Waals surface area contributed by atoms with Gasteiger partial charge in [0.15, 0.2) is 0 Å². The van der Waals surface area contributed by atoms with Crippen LogP contribution in [0.1, 0.15) is 32.6 Å². The summed E-state index contributed by atoms with van der Waals surface area (Å²) in [5, 5.41) is 0. The summed E-state index contributed by atoms with van der Waals surface area (Å²) in [5.41, 5.74) is 0. The van der Waals surface area contributed by atoms with Gasteiger partial charge in [0.25, 0.3) is 0 Å². The zero-order valence-electron chi connectivity index (χ0n) is 6.34. The van der Waals surface area contributed by atoms with E-state index in [2.05, 4.69) is 11.9 Å². The Hall–Kier alpha value is -0.620. The van der Waals surface area contributed by atoms with Crippen molar-refractivity contribution in [3.63, 3.8) is 0 Å². The van der Waals surface area contributed by atoms with Crippen molar-refractivity contribution >= 4 is 6.08 Å². The van der Waals surface area contributed by atoms with Gasteiger partial charge in [0.05, 0.1) is 6.04 Å². The first-order valence-corrected chi connectivity index (χ1v) is 3.95. The molecule has 1 aliphatic carbocycles. The van der Waals surface area contributed by atoms with Crippen LogP contribution in [0, 0.1) is 5.92 Å². The summed E-state index contributed by atoms with van der Waals surface area (Å²) in [6, 6.07) is 0.270. The molecule has 0 aromatic heterocycles. The van der Waals surface area contributed by atoms with Crippen LogP contribution >= 0.6 is 0 Å². The second kappa shape index (κ2) is 3.52. The highest BCUT2D eigenvalue weighted by Crippen LogP contribution is 2.32. The van der Waals surface area contributed by atoms with Crippen molar-refractivity contribution < 1.29 is 4.79 Å². The zero-order valence-corrected chi connectivity index (χ0v) is 6.34. The minimum atomic E-state index is 0.270. The van der Waals surface area contributed by atoms with E-state index in [0.717, 1.165) is 6.42 Å². The lowest BCUT2D eigenvalue weighted by atomic mass is 9.79. The lowest BCUT2D eigenvalue weighted by Crippen LogP contribution is -2.24. The van der Waals surface area contributed by atoms with E-state index in [0.29, 0.717) is 5.92 Å². The van der Waals surface area contributed by atoms with Crippen molar-refractivity contribution in [3.8, 4) is 0 Å². The van der Waals surface area contributed by atoms with Gasteiger partial charge in [0.1, 0.15) is 0 Å². The van der Waals surface area contributed by atoms with E-state index in [4.69, 9.17) is 0 Å². The maximum atomic E-state index is 9.93. The molecule has 0 aliphatic heterocycles. The molecule has 0 bridgehead atoms. The summed E-state index contributed by atoms with van der Waals surface area (Å²) in [5.74, 6) is 0.687. The molecule has 0 heterocycles. The Bertz CT molecular complexity index is 145. The van der Waals surface area contributed by atoms with Crippen LogP contribution in [-0.4, -0.2) is 12.1 Å². The number of aliphatic imine (C=N–C) groups is 1. The highest BCUT2D eigenvalue weighted by Gasteiger charge is 2.25. The second-order valence-corrected chi connectivity index (χ2v) is 2.89. The molecule has 1 aliphatic rings. The van der Waals surface area contributed by atoms with Crippen LogP contribution < -0.4 is 0 Å². The third kappa shape index (κ3) is 1.45. The maximum Gasteiger partial charge on any atom is 0.235 e. The molecule has 0 radical (unpaired) electrons. The van der Waals surface area contributed by atoms with Gasteiger partial charge in [0, 0.05) is 0 Å². The fraction of sp³-hybridized carbons (Fsp3) is 0.875. The first kappa shape index (κ1) is 7.49. The van der Waals surface area contributed by atoms with E-state index in [1.54, 1.807) is 6.08 Å². The van der Waals surface area contributed by atoms with Gasteiger partial charge < -0.3 is 0 Å². The molecule has 1 rings (SSSR count). The van der Waals surface area contributed by atoms with Gasteiger partial charge in [-0.2, -0.15) is 0 Å². The zero-order chi connectivity index (χ0) is 7.40. The summed E-state index contributed by atoms with van der Waals surface area (Å²) >= 11 is 0. The minimum Gasteiger partial charge on any atom is -0.211 e. The third-order valence-electron chi connectivity index (χ3n) is 2.33. The van der Waals surface area contributed by atoms with Gasteiger partial charge in [-0.05, 0) is 25.2 Å². The predicted molar refractivity (Wildman–Crippen MR) is 39.5 cm³/mol. The van der Waals surface area contributed by atoms with Crippen LogP contribution in [0.15, 0.2) is 4.99 Å². The Kier molecular flexibility index (Phi) is 2.64. The Morgan fingerprint density at radius 1 is 1.70 bits per heavy atom. The number of rotatable bonds is 3. The molecule has 0 N–H and O–H groups in total. The largest absolute Gasteiger partial charge is 0.235 e. The topological polar surface area (TPSA) is 29.4 Å². The van der Waals surface area contributed by atoms with Crippen molar-refractivity contribution in [2.24, 2.45) is 10.9 Å². The Morgan fingerprint density at radius 3 is 2.70 bits per heavy atom. The molecule has 1 fully saturated rings. The third-order valence-corrected chi connectivity index (χ3v) is 2.33. The van der Waals surface area contributed by atoms with Gasteiger partial charge in [-0.25, -0.2) is 9.79 Å². The van der Waals surface area contributed by atoms with Crippen molar-refractivity contribution in [3.05, 3.63) is 0 Å². The van der Waals surface area contributed by atoms with Crippen LogP contribution in [-0.2, 0) is 4.79 Å². The van der Waals surface area contributed by atoms with E-state index in [-0.39, 0.29) is 6.04 Å². The van der Waals surface area contributed by atoms with Gasteiger partial charge >= 0.3 is 0 Å². The smallest absolute Gasteiger partial charge is 0.211 e. The maximum absolute atomic E-state index is 9.93. The quantitative estimate of drug-likeness (QED) is 0.433. The van der Waals surface area contributed by atoms with Crippen LogP contribution in [0.5, 0.6) is 0 Å². The standard InChI is InChI=1S/C8H13NO/c1-2-8(9-6-10)7-4-3-5-7/h7-8H,2-5H2,1H3. The summed E-state index contributed by atoms with van der Waals surface area (Å²) in [6.07, 6.45) is 6.45. The molecule has 2 nitrogen and oxygen atoms in total. The molecular formula is C8H13NO. The molecule has 0 spiro atoms. The van der Waals surface area contributed by atoms with Crippen molar-refractivity contribution in [2.45, 2.75) is 38.6 Å². The van der Waals surface area contributed by atoms with Crippen LogP contribution in [0.4, 0.5) is 0 Å². The molecule has 0 saturated heterocycles. The normalized spacial score (nSPS) is 20.9. The summed E-state index contributed by atoms with van der Waals surface area (Å²) in [7, 11) is 0. The van der Waals surface area contributed by atoms with Gasteiger partial charge in [-0.1, -0.05) is 13.3 Å². The lowest BCUT2D eigenvalue weighted by Gasteiger charge is -2.29. The number of isocyanates is 1. The van der Waals surface area contributed by atoms with Gasteiger partial charge in [-0.3, -0.25) is 0 Å². The summed E-state index contributed by atoms with van der Waals surface area (Å²) in [4.78, 5) is 13.7. The van der Waals surface area contributed by atoms with Crippen LogP contribution in [0.3, 0.4) is 0 Å². The molecule has 2 heteroatoms. The summed E-state index contributed by atoms with van der Waals surface area (Å²) < 4.78 is 0. The average molecular weight is 139 g/mol. The monoisotopic (exact) mass is 139 g/mol. The molecule has 1 atom stereocenters. The SMILES string of the molecule is CCC(N=C=O)C1CCC1. The Labute approximate surface area is 61.3 Å². The molecule has 1 saturated carbocycles. The van der Waals surface area contributed by atoms with Crippen molar-refractivity contribution in [2.75, 3.05) is 0 Å². The highest BCUT2D eigenvalue weighted by atomic mass is 16.1. The van der Waals surface area contributed by atoms with Crippen molar-refractivity contribution in [1.82, 2.24) is 0 Å². The fourth-order valence-corrected chi connectivity index (χ4v) is 1.42. The lowest BCUT2D eigenvalue weighted by molar-refractivity contribution is 0.258. The summed E-state index contributed by atoms with van der Waals surface area (Å²) in [6.45, 7) is 2.07. The highest BCUT2D eigenvalue weighted by molar-refractivity contribution is 5.33. The molecule has 10 heavy (non-hydrogen) atoms. The van der Waals surface area contributed by atoms with E-state index >= 15 is 0 Å². The average Bonchev–Trinajstić information content (AvgIpc) is 1.83. The number of nitrogens with zero attached hydrogens (tertiary/aromatic N) is 1. The van der Waals surface area contributed by atoms with Crippen LogP contribution in [0.2, 0.25) is 0 Å². The number of carbonyl (C=O) groups excluding carboxylic acids is 1. The molecular weight excluding hydrogens is 126 g/mol. The second-order valence-electron chi connectivity index (χ2n) is 2.89. The van der Waals surface area contributed by atoms with E-state index < -0.39 is 0 Å². The van der Waals surface area contributed by atoms with Crippen LogP contribution in [0.25, 0.3) is 0 Å². The first-order valence-electron chi connectivity index (χ1n) is 3.95. The van der Waals surface area contributed by atoms with E-state index in [9.17, 15) is 4.79 Å². The first-order chi connectivity index (χ1) is 4.88. The Morgan fingerprint density at radius 2 is 2.40 bits per heavy atom. The van der Waals surface area contributed by atoms with Gasteiger partial charge in [-0.15, -0.1) is 0 Å². The predicted octanol–water partition coefficient (Wildman–Crippen LogP) is 1.90. The minimum absolute atomic E-state index is 0.270. The van der Waals surface area contributed by atoms with E-state index in [1.165, 1.54) is 19.3 Å². The van der Waals surface area contributed by atoms with Gasteiger partial charge in [0.2, 0.25) is 6.08 Å².